The third kappa shape index (κ3) is 4.71. The molecule has 0 bridgehead atoms. The topological polar surface area (TPSA) is 64.3 Å². The van der Waals surface area contributed by atoms with Crippen LogP contribution in [-0.2, 0) is 9.53 Å². The second-order valence-corrected chi connectivity index (χ2v) is 4.19. The summed E-state index contributed by atoms with van der Waals surface area (Å²) in [6.07, 6.45) is 1.93. The molecule has 0 aromatic heterocycles. The number of benzene rings is 1. The molecule has 0 aliphatic rings. The summed E-state index contributed by atoms with van der Waals surface area (Å²) in [4.78, 5) is 11.6. The van der Waals surface area contributed by atoms with Crippen molar-refractivity contribution in [2.45, 2.75) is 32.8 Å². The minimum Gasteiger partial charge on any atom is -0.397 e. The van der Waals surface area contributed by atoms with E-state index in [2.05, 4.69) is 5.32 Å². The molecule has 0 fully saturated rings. The highest BCUT2D eigenvalue weighted by Crippen LogP contribution is 2.19. The van der Waals surface area contributed by atoms with Gasteiger partial charge in [0.1, 0.15) is 12.4 Å². The molecule has 100 valence electrons. The van der Waals surface area contributed by atoms with Crippen LogP contribution in [0.15, 0.2) is 18.2 Å². The molecule has 0 saturated heterocycles. The van der Waals surface area contributed by atoms with Gasteiger partial charge in [0.2, 0.25) is 5.91 Å². The summed E-state index contributed by atoms with van der Waals surface area (Å²) in [5.74, 6) is -0.782. The number of carbonyl (C=O) groups is 1. The van der Waals surface area contributed by atoms with Crippen LogP contribution in [0.5, 0.6) is 0 Å². The summed E-state index contributed by atoms with van der Waals surface area (Å²) in [6.45, 7) is 3.90. The van der Waals surface area contributed by atoms with Gasteiger partial charge >= 0.3 is 0 Å². The molecule has 1 aromatic carbocycles. The lowest BCUT2D eigenvalue weighted by Gasteiger charge is -2.12. The number of amides is 1. The predicted octanol–water partition coefficient (Wildman–Crippen LogP) is 2.55. The van der Waals surface area contributed by atoms with Crippen molar-refractivity contribution in [3.8, 4) is 0 Å². The van der Waals surface area contributed by atoms with Gasteiger partial charge in [-0.1, -0.05) is 13.3 Å². The molecule has 1 atom stereocenters. The first-order valence-corrected chi connectivity index (χ1v) is 5.99. The molecule has 0 aliphatic carbocycles. The van der Waals surface area contributed by atoms with E-state index in [0.717, 1.165) is 12.8 Å². The lowest BCUT2D eigenvalue weighted by molar-refractivity contribution is -0.122. The van der Waals surface area contributed by atoms with Gasteiger partial charge in [-0.15, -0.1) is 0 Å². The Hall–Kier alpha value is -1.62. The number of nitrogens with two attached hydrogens (primary N) is 1. The van der Waals surface area contributed by atoms with Crippen molar-refractivity contribution in [1.29, 1.82) is 0 Å². The third-order valence-corrected chi connectivity index (χ3v) is 2.48. The summed E-state index contributed by atoms with van der Waals surface area (Å²) in [5, 5.41) is 2.52. The minimum absolute atomic E-state index is 0.0330. The molecule has 1 unspecified atom stereocenters. The Balaban J connectivity index is 2.47. The fourth-order valence-electron chi connectivity index (χ4n) is 1.53. The van der Waals surface area contributed by atoms with Gasteiger partial charge in [-0.25, -0.2) is 4.39 Å². The second kappa shape index (κ2) is 6.96. The zero-order valence-corrected chi connectivity index (χ0v) is 10.7. The first kappa shape index (κ1) is 14.4. The molecular formula is C13H19FN2O2. The van der Waals surface area contributed by atoms with Crippen LogP contribution in [0.4, 0.5) is 15.8 Å². The normalized spacial score (nSPS) is 12.2. The van der Waals surface area contributed by atoms with Crippen LogP contribution in [-0.4, -0.2) is 18.6 Å². The highest BCUT2D eigenvalue weighted by Gasteiger charge is 2.08. The Morgan fingerprint density at radius 2 is 2.28 bits per heavy atom. The van der Waals surface area contributed by atoms with Crippen molar-refractivity contribution in [3.05, 3.63) is 24.0 Å². The molecule has 0 radical (unpaired) electrons. The van der Waals surface area contributed by atoms with E-state index in [1.807, 2.05) is 13.8 Å². The maximum atomic E-state index is 13.0. The number of nitrogens with one attached hydrogen (secondary N) is 1. The van der Waals surface area contributed by atoms with E-state index in [4.69, 9.17) is 10.5 Å². The van der Waals surface area contributed by atoms with Gasteiger partial charge in [-0.2, -0.15) is 0 Å². The molecule has 18 heavy (non-hydrogen) atoms. The predicted molar refractivity (Wildman–Crippen MR) is 69.8 cm³/mol. The molecule has 5 heteroatoms. The SMILES string of the molecule is CCCC(C)OCC(=O)Nc1cc(F)ccc1N. The standard InChI is InChI=1S/C13H19FN2O2/c1-3-4-9(2)18-8-13(17)16-12-7-10(14)5-6-11(12)15/h5-7,9H,3-4,8,15H2,1-2H3,(H,16,17). The highest BCUT2D eigenvalue weighted by molar-refractivity contribution is 5.94. The number of hydrogen-bond acceptors (Lipinski definition) is 3. The largest absolute Gasteiger partial charge is 0.397 e. The summed E-state index contributed by atoms with van der Waals surface area (Å²) < 4.78 is 18.3. The van der Waals surface area contributed by atoms with E-state index >= 15 is 0 Å². The Morgan fingerprint density at radius 1 is 1.56 bits per heavy atom. The van der Waals surface area contributed by atoms with E-state index in [1.54, 1.807) is 0 Å². The van der Waals surface area contributed by atoms with Crippen LogP contribution in [0, 0.1) is 5.82 Å². The average Bonchev–Trinajstić information content (AvgIpc) is 2.32. The van der Waals surface area contributed by atoms with Gasteiger partial charge in [-0.3, -0.25) is 4.79 Å². The number of hydrogen-bond donors (Lipinski definition) is 2. The molecule has 3 N–H and O–H groups in total. The fourth-order valence-corrected chi connectivity index (χ4v) is 1.53. The van der Waals surface area contributed by atoms with Crippen molar-refractivity contribution >= 4 is 17.3 Å². The number of halogens is 1. The third-order valence-electron chi connectivity index (χ3n) is 2.48. The molecule has 4 nitrogen and oxygen atoms in total. The van der Waals surface area contributed by atoms with E-state index < -0.39 is 5.82 Å². The van der Waals surface area contributed by atoms with Crippen molar-refractivity contribution in [2.75, 3.05) is 17.7 Å². The molecule has 1 rings (SSSR count). The Labute approximate surface area is 106 Å². The zero-order valence-electron chi connectivity index (χ0n) is 10.7. The summed E-state index contributed by atoms with van der Waals surface area (Å²) in [7, 11) is 0. The highest BCUT2D eigenvalue weighted by atomic mass is 19.1. The van der Waals surface area contributed by atoms with E-state index in [-0.39, 0.29) is 24.3 Å². The molecule has 0 aliphatic heterocycles. The molecule has 1 amide bonds. The minimum atomic E-state index is -0.445. The van der Waals surface area contributed by atoms with Crippen LogP contribution in [0.2, 0.25) is 0 Å². The molecule has 0 spiro atoms. The monoisotopic (exact) mass is 254 g/mol. The van der Waals surface area contributed by atoms with Crippen LogP contribution in [0.1, 0.15) is 26.7 Å². The first-order chi connectivity index (χ1) is 8.52. The fraction of sp³-hybridized carbons (Fsp3) is 0.462. The average molecular weight is 254 g/mol. The molecular weight excluding hydrogens is 235 g/mol. The maximum Gasteiger partial charge on any atom is 0.250 e. The summed E-state index contributed by atoms with van der Waals surface area (Å²) >= 11 is 0. The number of carbonyl (C=O) groups excluding carboxylic acids is 1. The van der Waals surface area contributed by atoms with Crippen LogP contribution >= 0.6 is 0 Å². The Morgan fingerprint density at radius 3 is 2.94 bits per heavy atom. The van der Waals surface area contributed by atoms with Crippen molar-refractivity contribution in [1.82, 2.24) is 0 Å². The van der Waals surface area contributed by atoms with Crippen LogP contribution in [0.25, 0.3) is 0 Å². The van der Waals surface area contributed by atoms with Gasteiger partial charge in [0.25, 0.3) is 0 Å². The van der Waals surface area contributed by atoms with Gasteiger partial charge < -0.3 is 15.8 Å². The van der Waals surface area contributed by atoms with Crippen LogP contribution in [0.3, 0.4) is 0 Å². The first-order valence-electron chi connectivity index (χ1n) is 5.99. The Kier molecular flexibility index (Phi) is 5.58. The second-order valence-electron chi connectivity index (χ2n) is 4.19. The van der Waals surface area contributed by atoms with E-state index in [1.165, 1.54) is 18.2 Å². The maximum absolute atomic E-state index is 13.0. The van der Waals surface area contributed by atoms with Crippen molar-refractivity contribution in [2.24, 2.45) is 0 Å². The van der Waals surface area contributed by atoms with Gasteiger partial charge in [-0.05, 0) is 31.5 Å². The molecule has 0 saturated carbocycles. The number of ether oxygens (including phenoxy) is 1. The van der Waals surface area contributed by atoms with E-state index in [0.29, 0.717) is 5.69 Å². The zero-order chi connectivity index (χ0) is 13.5. The molecule has 0 heterocycles. The number of rotatable bonds is 6. The summed E-state index contributed by atoms with van der Waals surface area (Å²) in [6, 6.07) is 3.83. The van der Waals surface area contributed by atoms with Crippen LogP contribution < -0.4 is 11.1 Å². The number of anilines is 2. The smallest absolute Gasteiger partial charge is 0.250 e. The van der Waals surface area contributed by atoms with Gasteiger partial charge in [0.05, 0.1) is 17.5 Å². The lowest BCUT2D eigenvalue weighted by Crippen LogP contribution is -2.22. The lowest BCUT2D eigenvalue weighted by atomic mass is 10.2. The van der Waals surface area contributed by atoms with Crippen molar-refractivity contribution < 1.29 is 13.9 Å². The quantitative estimate of drug-likeness (QED) is 0.767. The van der Waals surface area contributed by atoms with Gasteiger partial charge in [0, 0.05) is 0 Å². The number of nitrogen functional groups attached to an aromatic ring is 1. The van der Waals surface area contributed by atoms with Gasteiger partial charge in [0.15, 0.2) is 0 Å². The summed E-state index contributed by atoms with van der Waals surface area (Å²) in [5.41, 5.74) is 6.21. The van der Waals surface area contributed by atoms with E-state index in [9.17, 15) is 9.18 Å². The Bertz CT molecular complexity index is 410. The molecule has 1 aromatic rings. The van der Waals surface area contributed by atoms with Crippen molar-refractivity contribution in [3.63, 3.8) is 0 Å².